The van der Waals surface area contributed by atoms with Crippen LogP contribution in [-0.4, -0.2) is 87.5 Å². The fourth-order valence-electron chi connectivity index (χ4n) is 8.04. The molecular formula is C45H50N8O4. The van der Waals surface area contributed by atoms with Crippen molar-refractivity contribution in [2.45, 2.75) is 58.0 Å². The number of anilines is 2. The number of aromatic nitrogens is 4. The third-order valence-electron chi connectivity index (χ3n) is 11.1. The SMILES string of the molecule is Cc1ccc2c(N3CC[C@@H](N)C3)nc(-c3ccccc3O)nc2c1.Cc1ccc2c(N3CC[C@@H](NC(=O)CC4CCOCC4)C3)nc(-c3ccccc3O)nc2c1. The molecule has 3 aliphatic heterocycles. The van der Waals surface area contributed by atoms with Crippen molar-refractivity contribution in [1.29, 1.82) is 0 Å². The Bertz CT molecular complexity index is 2400. The fraction of sp³-hybridized carbons (Fsp3) is 0.356. The number of aromatic hydroxyl groups is 2. The Kier molecular flexibility index (Phi) is 11.2. The maximum atomic E-state index is 12.6. The van der Waals surface area contributed by atoms with Gasteiger partial charge in [-0.25, -0.2) is 19.9 Å². The molecule has 6 aromatic rings. The van der Waals surface area contributed by atoms with Gasteiger partial charge in [-0.15, -0.1) is 0 Å². The van der Waals surface area contributed by atoms with Crippen LogP contribution in [0.3, 0.4) is 0 Å². The highest BCUT2D eigenvalue weighted by atomic mass is 16.5. The number of hydrogen-bond acceptors (Lipinski definition) is 11. The molecule has 9 rings (SSSR count). The van der Waals surface area contributed by atoms with Gasteiger partial charge in [-0.1, -0.05) is 36.4 Å². The number of hydrogen-bond donors (Lipinski definition) is 4. The van der Waals surface area contributed by atoms with Gasteiger partial charge >= 0.3 is 0 Å². The van der Waals surface area contributed by atoms with E-state index in [-0.39, 0.29) is 29.5 Å². The number of nitrogens with two attached hydrogens (primary N) is 1. The van der Waals surface area contributed by atoms with Crippen molar-refractivity contribution >= 4 is 39.3 Å². The molecule has 2 aromatic heterocycles. The van der Waals surface area contributed by atoms with Crippen molar-refractivity contribution in [2.75, 3.05) is 49.2 Å². The van der Waals surface area contributed by atoms with E-state index >= 15 is 0 Å². The Labute approximate surface area is 332 Å². The van der Waals surface area contributed by atoms with E-state index in [4.69, 9.17) is 25.4 Å². The summed E-state index contributed by atoms with van der Waals surface area (Å²) >= 11 is 0. The van der Waals surface area contributed by atoms with E-state index in [9.17, 15) is 15.0 Å². The molecule has 5 heterocycles. The summed E-state index contributed by atoms with van der Waals surface area (Å²) in [7, 11) is 0. The highest BCUT2D eigenvalue weighted by Crippen LogP contribution is 2.35. The highest BCUT2D eigenvalue weighted by Gasteiger charge is 2.28. The summed E-state index contributed by atoms with van der Waals surface area (Å²) in [6.07, 6.45) is 4.34. The van der Waals surface area contributed by atoms with E-state index in [0.29, 0.717) is 41.7 Å². The van der Waals surface area contributed by atoms with Crippen LogP contribution in [0.1, 0.15) is 43.2 Å². The van der Waals surface area contributed by atoms with Crippen molar-refractivity contribution in [3.05, 3.63) is 96.1 Å². The minimum absolute atomic E-state index is 0.0985. The number of rotatable bonds is 7. The molecule has 57 heavy (non-hydrogen) atoms. The number of carbonyl (C=O) groups is 1. The summed E-state index contributed by atoms with van der Waals surface area (Å²) < 4.78 is 5.40. The number of aryl methyl sites for hydroxylation is 2. The first-order valence-corrected chi connectivity index (χ1v) is 19.9. The molecule has 0 radical (unpaired) electrons. The van der Waals surface area contributed by atoms with Crippen LogP contribution >= 0.6 is 0 Å². The molecule has 3 aliphatic rings. The highest BCUT2D eigenvalue weighted by molar-refractivity contribution is 5.93. The van der Waals surface area contributed by atoms with Gasteiger partial charge < -0.3 is 35.8 Å². The van der Waals surface area contributed by atoms with Crippen molar-refractivity contribution in [1.82, 2.24) is 25.3 Å². The number of phenols is 2. The van der Waals surface area contributed by atoms with Gasteiger partial charge in [-0.05, 0) is 105 Å². The smallest absolute Gasteiger partial charge is 0.220 e. The minimum atomic E-state index is 0.0985. The molecule has 0 saturated carbocycles. The number of benzene rings is 4. The average Bonchev–Trinajstić information content (AvgIpc) is 3.86. The van der Waals surface area contributed by atoms with Crippen LogP contribution in [0.5, 0.6) is 11.5 Å². The summed E-state index contributed by atoms with van der Waals surface area (Å²) in [6, 6.07) is 27.0. The topological polar surface area (TPSA) is 163 Å². The summed E-state index contributed by atoms with van der Waals surface area (Å²) in [5.41, 5.74) is 11.3. The van der Waals surface area contributed by atoms with Gasteiger partial charge in [0.05, 0.1) is 22.2 Å². The molecule has 3 saturated heterocycles. The first kappa shape index (κ1) is 38.0. The largest absolute Gasteiger partial charge is 0.507 e. The summed E-state index contributed by atoms with van der Waals surface area (Å²) in [5.74, 6) is 3.70. The molecule has 0 unspecified atom stereocenters. The summed E-state index contributed by atoms with van der Waals surface area (Å²) in [6.45, 7) is 8.81. The summed E-state index contributed by atoms with van der Waals surface area (Å²) in [5, 5.41) is 25.8. The van der Waals surface area contributed by atoms with Crippen LogP contribution in [0, 0.1) is 19.8 Å². The third kappa shape index (κ3) is 8.62. The van der Waals surface area contributed by atoms with Crippen LogP contribution in [0.4, 0.5) is 11.6 Å². The molecule has 0 bridgehead atoms. The zero-order valence-electron chi connectivity index (χ0n) is 32.6. The Hall–Kier alpha value is -5.85. The zero-order valence-corrected chi connectivity index (χ0v) is 32.6. The normalized spacial score (nSPS) is 18.5. The molecular weight excluding hydrogens is 717 g/mol. The van der Waals surface area contributed by atoms with E-state index in [1.54, 1.807) is 24.3 Å². The monoisotopic (exact) mass is 766 g/mol. The van der Waals surface area contributed by atoms with Crippen molar-refractivity contribution in [2.24, 2.45) is 11.7 Å². The second-order valence-electron chi connectivity index (χ2n) is 15.6. The lowest BCUT2D eigenvalue weighted by atomic mass is 9.96. The molecule has 3 fully saturated rings. The van der Waals surface area contributed by atoms with Gasteiger partial charge in [0.2, 0.25) is 5.91 Å². The lowest BCUT2D eigenvalue weighted by Gasteiger charge is -2.23. The van der Waals surface area contributed by atoms with E-state index in [0.717, 1.165) is 103 Å². The Morgan fingerprint density at radius 2 is 1.25 bits per heavy atom. The molecule has 5 N–H and O–H groups in total. The fourth-order valence-corrected chi connectivity index (χ4v) is 8.04. The zero-order chi connectivity index (χ0) is 39.5. The van der Waals surface area contributed by atoms with Crippen molar-refractivity contribution in [3.8, 4) is 34.3 Å². The molecule has 0 spiro atoms. The molecule has 2 atom stereocenters. The number of carbonyl (C=O) groups excluding carboxylic acids is 1. The average molecular weight is 767 g/mol. The van der Waals surface area contributed by atoms with Gasteiger partial charge in [-0.2, -0.15) is 0 Å². The number of ether oxygens (including phenoxy) is 1. The van der Waals surface area contributed by atoms with Gasteiger partial charge in [-0.3, -0.25) is 4.79 Å². The van der Waals surface area contributed by atoms with Crippen LogP contribution < -0.4 is 20.9 Å². The van der Waals surface area contributed by atoms with Crippen molar-refractivity contribution in [3.63, 3.8) is 0 Å². The molecule has 12 nitrogen and oxygen atoms in total. The van der Waals surface area contributed by atoms with E-state index in [2.05, 4.69) is 50.4 Å². The number of amides is 1. The maximum Gasteiger partial charge on any atom is 0.220 e. The number of fused-ring (bicyclic) bond motifs is 2. The third-order valence-corrected chi connectivity index (χ3v) is 11.1. The number of para-hydroxylation sites is 2. The van der Waals surface area contributed by atoms with E-state index in [1.165, 1.54) is 0 Å². The maximum absolute atomic E-state index is 12.6. The molecule has 12 heteroatoms. The Morgan fingerprint density at radius 3 is 1.77 bits per heavy atom. The van der Waals surface area contributed by atoms with Crippen LogP contribution in [0.25, 0.3) is 44.6 Å². The summed E-state index contributed by atoms with van der Waals surface area (Å²) in [4.78, 5) is 36.2. The lowest BCUT2D eigenvalue weighted by Crippen LogP contribution is -2.38. The number of nitrogens with one attached hydrogen (secondary N) is 1. The second kappa shape index (κ2) is 16.7. The number of phenolic OH excluding ortho intramolecular Hbond substituents is 2. The predicted octanol–water partition coefficient (Wildman–Crippen LogP) is 6.67. The van der Waals surface area contributed by atoms with Gasteiger partial charge in [0.15, 0.2) is 11.6 Å². The molecule has 0 aliphatic carbocycles. The number of nitrogens with zero attached hydrogens (tertiary/aromatic N) is 6. The standard InChI is InChI=1S/C26H30N4O3.C19H20N4O/c1-17-6-7-20-22(14-17)28-25(21-4-2-3-5-23(21)31)29-26(20)30-11-8-19(16-30)27-24(32)15-18-9-12-33-13-10-18;1-12-6-7-14-16(10-12)21-18(15-4-2-3-5-17(15)24)22-19(14)23-9-8-13(20)11-23/h2-7,14,18-19,31H,8-13,15-16H2,1H3,(H,27,32);2-7,10,13,24H,8-9,11,20H2,1H3/t19-;13-/m11/s1. The first-order valence-electron chi connectivity index (χ1n) is 19.9. The molecule has 294 valence electrons. The Morgan fingerprint density at radius 1 is 0.719 bits per heavy atom. The van der Waals surface area contributed by atoms with Gasteiger partial charge in [0, 0.05) is 68.7 Å². The van der Waals surface area contributed by atoms with Crippen molar-refractivity contribution < 1.29 is 19.7 Å². The predicted molar refractivity (Wildman–Crippen MR) is 224 cm³/mol. The van der Waals surface area contributed by atoms with E-state index < -0.39 is 0 Å². The van der Waals surface area contributed by atoms with Gasteiger partial charge in [0.25, 0.3) is 0 Å². The minimum Gasteiger partial charge on any atom is -0.507 e. The van der Waals surface area contributed by atoms with Crippen LogP contribution in [0.15, 0.2) is 84.9 Å². The van der Waals surface area contributed by atoms with Crippen LogP contribution in [-0.2, 0) is 9.53 Å². The first-order chi connectivity index (χ1) is 27.7. The quantitative estimate of drug-likeness (QED) is 0.137. The Balaban J connectivity index is 0.000000168. The molecule has 4 aromatic carbocycles. The van der Waals surface area contributed by atoms with Crippen LogP contribution in [0.2, 0.25) is 0 Å². The second-order valence-corrected chi connectivity index (χ2v) is 15.6. The molecule has 1 amide bonds. The van der Waals surface area contributed by atoms with E-state index in [1.807, 2.05) is 44.2 Å². The van der Waals surface area contributed by atoms with Gasteiger partial charge in [0.1, 0.15) is 23.1 Å². The lowest BCUT2D eigenvalue weighted by molar-refractivity contribution is -0.123.